The fraction of sp³-hybridized carbons (Fsp3) is 0. The van der Waals surface area contributed by atoms with Crippen LogP contribution in [0.25, 0.3) is 0 Å². The SMILES string of the molecule is [Ag+].[Ag+].[Ag+].[I-].[O]=[W](=[O])([O-])[O-]. The third kappa shape index (κ3) is 93.8. The fourth-order valence-electron chi connectivity index (χ4n) is 0. The summed E-state index contributed by atoms with van der Waals surface area (Å²) in [5.74, 6) is 0. The fourth-order valence-corrected chi connectivity index (χ4v) is 0. The molecule has 0 amide bonds. The number of halogens is 1. The average Bonchev–Trinajstić information content (AvgIpc) is 0.722. The van der Waals surface area contributed by atoms with E-state index < -0.39 is 16.7 Å². The molecule has 0 aromatic carbocycles. The predicted octanol–water partition coefficient (Wildman–Crippen LogP) is -5.62. The van der Waals surface area contributed by atoms with Crippen LogP contribution in [-0.4, -0.2) is 0 Å². The second-order valence-electron chi connectivity index (χ2n) is 0.408. The molecule has 4 nitrogen and oxygen atoms in total. The molecular weight excluding hydrogens is 698 g/mol. The first-order valence-corrected chi connectivity index (χ1v) is 5.46. The van der Waals surface area contributed by atoms with Crippen molar-refractivity contribution in [3.05, 3.63) is 0 Å². The molecule has 9 heavy (non-hydrogen) atoms. The van der Waals surface area contributed by atoms with Gasteiger partial charge in [0.15, 0.2) is 0 Å². The second kappa shape index (κ2) is 13.7. The van der Waals surface area contributed by atoms with Crippen LogP contribution >= 0.6 is 0 Å². The molecule has 9 heteroatoms. The van der Waals surface area contributed by atoms with Crippen LogP contribution in [0.15, 0.2) is 0 Å². The van der Waals surface area contributed by atoms with E-state index in [2.05, 4.69) is 0 Å². The van der Waals surface area contributed by atoms with Crippen molar-refractivity contribution in [2.24, 2.45) is 0 Å². The number of hydrogen-bond acceptors (Lipinski definition) is 4. The van der Waals surface area contributed by atoms with Crippen LogP contribution < -0.4 is 31.5 Å². The van der Waals surface area contributed by atoms with Gasteiger partial charge < -0.3 is 24.0 Å². The van der Waals surface area contributed by atoms with Gasteiger partial charge in [-0.05, 0) is 0 Å². The summed E-state index contributed by atoms with van der Waals surface area (Å²) in [6.07, 6.45) is 0. The molecule has 0 saturated carbocycles. The van der Waals surface area contributed by atoms with Crippen molar-refractivity contribution in [3.8, 4) is 0 Å². The Morgan fingerprint density at radius 2 is 0.889 bits per heavy atom. The molecule has 0 heterocycles. The molecule has 0 bridgehead atoms. The Morgan fingerprint density at radius 1 is 0.889 bits per heavy atom. The van der Waals surface area contributed by atoms with Gasteiger partial charge in [0.2, 0.25) is 0 Å². The Bertz CT molecular complexity index is 99.0. The zero-order chi connectivity index (χ0) is 4.50. The molecule has 0 fully saturated rings. The normalized spacial score (nSPS) is 6.44. The maximum atomic E-state index is 8.65. The van der Waals surface area contributed by atoms with Gasteiger partial charge in [0.05, 0.1) is 0 Å². The molecule has 0 aromatic rings. The summed E-state index contributed by atoms with van der Waals surface area (Å²) in [5, 5.41) is 0. The zero-order valence-corrected chi connectivity index (χ0v) is 12.9. The van der Waals surface area contributed by atoms with Crippen LogP contribution in [0.4, 0.5) is 0 Å². The van der Waals surface area contributed by atoms with E-state index in [1.807, 2.05) is 0 Å². The van der Waals surface area contributed by atoms with E-state index in [1.54, 1.807) is 0 Å². The van der Waals surface area contributed by atoms with Crippen LogP contribution in [0.5, 0.6) is 0 Å². The zero-order valence-electron chi connectivity index (χ0n) is 3.32. The monoisotopic (exact) mass is 696 g/mol. The molecule has 0 aromatic heterocycles. The summed E-state index contributed by atoms with van der Waals surface area (Å²) in [5.41, 5.74) is 0. The van der Waals surface area contributed by atoms with Crippen LogP contribution in [-0.2, 0) is 90.7 Å². The molecule has 0 atom stereocenters. The Balaban J connectivity index is -0.0000000133. The molecule has 0 radical (unpaired) electrons. The van der Waals surface area contributed by atoms with Crippen LogP contribution in [0.3, 0.4) is 0 Å². The Hall–Kier alpha value is 3.16. The summed E-state index contributed by atoms with van der Waals surface area (Å²) in [6.45, 7) is 0. The molecule has 0 aliphatic rings. The molecule has 0 rings (SSSR count). The van der Waals surface area contributed by atoms with E-state index in [4.69, 9.17) is 14.3 Å². The van der Waals surface area contributed by atoms with Gasteiger partial charge in [0.25, 0.3) is 0 Å². The molecule has 0 aliphatic heterocycles. The van der Waals surface area contributed by atoms with Gasteiger partial charge in [-0.2, -0.15) is 0 Å². The summed E-state index contributed by atoms with van der Waals surface area (Å²) in [4.78, 5) is 0. The van der Waals surface area contributed by atoms with E-state index in [0.717, 1.165) is 0 Å². The van der Waals surface area contributed by atoms with Gasteiger partial charge in [-0.15, -0.1) is 0 Å². The van der Waals surface area contributed by atoms with Crippen LogP contribution in [0.1, 0.15) is 0 Å². The van der Waals surface area contributed by atoms with E-state index in [0.29, 0.717) is 0 Å². The molecule has 0 N–H and O–H groups in total. The minimum absolute atomic E-state index is 0. The topological polar surface area (TPSA) is 80.3 Å². The Labute approximate surface area is 120 Å². The van der Waals surface area contributed by atoms with E-state index in [9.17, 15) is 0 Å². The standard InChI is InChI=1S/3Ag.HI.4O.W/h;;;1H;;;;;/q3*+1;;;;2*-1;/p-1. The van der Waals surface area contributed by atoms with Crippen molar-refractivity contribution in [2.75, 3.05) is 0 Å². The first kappa shape index (κ1) is 29.5. The molecule has 0 aliphatic carbocycles. The molecule has 0 unspecified atom stereocenters. The molecular formula is Ag3IO4W. The van der Waals surface area contributed by atoms with Crippen molar-refractivity contribution in [1.82, 2.24) is 0 Å². The summed E-state index contributed by atoms with van der Waals surface area (Å²) in [7, 11) is 0. The maximum absolute atomic E-state index is 8.65. The molecule has 0 spiro atoms. The summed E-state index contributed by atoms with van der Waals surface area (Å²) < 4.78 is 34.6. The Morgan fingerprint density at radius 3 is 0.889 bits per heavy atom. The number of hydrogen-bond donors (Lipinski definition) is 0. The molecule has 0 saturated heterocycles. The van der Waals surface area contributed by atoms with Gasteiger partial charge in [-0.25, -0.2) is 0 Å². The number of rotatable bonds is 0. The summed E-state index contributed by atoms with van der Waals surface area (Å²) >= 11 is -6.17. The van der Waals surface area contributed by atoms with E-state index >= 15 is 0 Å². The van der Waals surface area contributed by atoms with E-state index in [-0.39, 0.29) is 91.1 Å². The predicted molar refractivity (Wildman–Crippen MR) is 1.37 cm³/mol. The molecule has 70 valence electrons. The van der Waals surface area contributed by atoms with Crippen LogP contribution in [0.2, 0.25) is 0 Å². The minimum atomic E-state index is -6.17. The van der Waals surface area contributed by atoms with Crippen molar-refractivity contribution in [1.29, 1.82) is 0 Å². The second-order valence-corrected chi connectivity index (χ2v) is 3.34. The third-order valence-electron chi connectivity index (χ3n) is 0. The van der Waals surface area contributed by atoms with Gasteiger partial charge >= 0.3 is 98.2 Å². The van der Waals surface area contributed by atoms with Crippen LogP contribution in [0, 0.1) is 0 Å². The third-order valence-corrected chi connectivity index (χ3v) is 0. The van der Waals surface area contributed by atoms with Gasteiger partial charge in [-0.3, -0.25) is 0 Å². The van der Waals surface area contributed by atoms with Gasteiger partial charge in [0, 0.05) is 0 Å². The quantitative estimate of drug-likeness (QED) is 0.187. The van der Waals surface area contributed by atoms with Crippen molar-refractivity contribution in [3.63, 3.8) is 0 Å². The first-order chi connectivity index (χ1) is 2.00. The Kier molecular flexibility index (Phi) is 45.1. The average molecular weight is 698 g/mol. The van der Waals surface area contributed by atoms with Gasteiger partial charge in [0.1, 0.15) is 0 Å². The van der Waals surface area contributed by atoms with Gasteiger partial charge in [-0.1, -0.05) is 0 Å². The summed E-state index contributed by atoms with van der Waals surface area (Å²) in [6, 6.07) is 0. The first-order valence-electron chi connectivity index (χ1n) is 0.667. The van der Waals surface area contributed by atoms with Crippen molar-refractivity contribution < 1.29 is 122 Å². The van der Waals surface area contributed by atoms with Crippen molar-refractivity contribution >= 4 is 0 Å². The van der Waals surface area contributed by atoms with E-state index in [1.165, 1.54) is 0 Å². The van der Waals surface area contributed by atoms with Crippen molar-refractivity contribution in [2.45, 2.75) is 0 Å².